The minimum Gasteiger partial charge on any atom is -0.372 e. The molecule has 1 aliphatic rings. The van der Waals surface area contributed by atoms with Crippen molar-refractivity contribution in [2.24, 2.45) is 5.84 Å². The van der Waals surface area contributed by atoms with Crippen LogP contribution in [0.3, 0.4) is 0 Å². The number of fused-ring (bicyclic) bond motifs is 1. The van der Waals surface area contributed by atoms with E-state index in [4.69, 9.17) is 10.6 Å². The Hall–Kier alpha value is -1.27. The van der Waals surface area contributed by atoms with E-state index in [1.165, 1.54) is 16.7 Å². The van der Waals surface area contributed by atoms with E-state index < -0.39 is 0 Å². The van der Waals surface area contributed by atoms with Crippen LogP contribution < -0.4 is 11.3 Å². The summed E-state index contributed by atoms with van der Waals surface area (Å²) in [5.74, 6) is 5.70. The van der Waals surface area contributed by atoms with Gasteiger partial charge < -0.3 is 4.74 Å². The Morgan fingerprint density at radius 3 is 3.00 bits per heavy atom. The van der Waals surface area contributed by atoms with Crippen LogP contribution in [0.4, 0.5) is 0 Å². The van der Waals surface area contributed by atoms with Crippen LogP contribution in [-0.2, 0) is 24.4 Å². The van der Waals surface area contributed by atoms with Crippen LogP contribution in [0.15, 0.2) is 23.6 Å². The second kappa shape index (κ2) is 5.38. The number of thiazole rings is 1. The zero-order valence-corrected chi connectivity index (χ0v) is 11.7. The molecule has 0 aliphatic carbocycles. The van der Waals surface area contributed by atoms with Crippen LogP contribution in [0.5, 0.6) is 0 Å². The van der Waals surface area contributed by atoms with Gasteiger partial charge in [-0.25, -0.2) is 4.98 Å². The molecule has 1 aromatic carbocycles. The number of hydrogen-bond acceptors (Lipinski definition) is 5. The first kappa shape index (κ1) is 12.7. The van der Waals surface area contributed by atoms with Gasteiger partial charge in [0.25, 0.3) is 0 Å². The van der Waals surface area contributed by atoms with E-state index in [9.17, 15) is 0 Å². The summed E-state index contributed by atoms with van der Waals surface area (Å²) in [6, 6.07) is 6.53. The molecule has 0 amide bonds. The normalized spacial score (nSPS) is 15.5. The number of aromatic nitrogens is 1. The maximum absolute atomic E-state index is 5.70. The molecule has 19 heavy (non-hydrogen) atoms. The molecular formula is C14H17N3OS. The van der Waals surface area contributed by atoms with E-state index in [2.05, 4.69) is 34.0 Å². The highest BCUT2D eigenvalue weighted by Crippen LogP contribution is 2.25. The number of nitrogens with one attached hydrogen (secondary N) is 1. The zero-order valence-electron chi connectivity index (χ0n) is 10.8. The summed E-state index contributed by atoms with van der Waals surface area (Å²) in [6.45, 7) is 3.45. The standard InChI is InChI=1S/C14H17N3OS/c1-9-16-13(8-19-9)5-14(17-15)10-2-3-11-6-18-7-12(11)4-10/h2-4,8,14,17H,5-7,15H2,1H3. The van der Waals surface area contributed by atoms with Gasteiger partial charge in [0, 0.05) is 11.8 Å². The van der Waals surface area contributed by atoms with Gasteiger partial charge in [0.1, 0.15) is 0 Å². The quantitative estimate of drug-likeness (QED) is 0.663. The predicted octanol–water partition coefficient (Wildman–Crippen LogP) is 2.23. The summed E-state index contributed by atoms with van der Waals surface area (Å²) in [4.78, 5) is 4.49. The lowest BCUT2D eigenvalue weighted by atomic mass is 9.98. The van der Waals surface area contributed by atoms with Crippen molar-refractivity contribution in [3.63, 3.8) is 0 Å². The van der Waals surface area contributed by atoms with Gasteiger partial charge in [-0.15, -0.1) is 11.3 Å². The van der Waals surface area contributed by atoms with Crippen LogP contribution in [0.25, 0.3) is 0 Å². The van der Waals surface area contributed by atoms with E-state index in [0.717, 1.165) is 23.7 Å². The molecule has 0 saturated heterocycles. The van der Waals surface area contributed by atoms with Crippen molar-refractivity contribution >= 4 is 11.3 Å². The van der Waals surface area contributed by atoms with Gasteiger partial charge in [0.05, 0.1) is 30.0 Å². The molecule has 1 aliphatic heterocycles. The van der Waals surface area contributed by atoms with Crippen LogP contribution in [0.1, 0.15) is 33.4 Å². The van der Waals surface area contributed by atoms with Crippen molar-refractivity contribution in [2.75, 3.05) is 0 Å². The Kier molecular flexibility index (Phi) is 3.61. The summed E-state index contributed by atoms with van der Waals surface area (Å²) in [6.07, 6.45) is 0.806. The molecule has 1 unspecified atom stereocenters. The van der Waals surface area contributed by atoms with Gasteiger partial charge in [0.15, 0.2) is 0 Å². The van der Waals surface area contributed by atoms with Crippen molar-refractivity contribution in [3.8, 4) is 0 Å². The highest BCUT2D eigenvalue weighted by Gasteiger charge is 2.16. The number of hydrogen-bond donors (Lipinski definition) is 2. The fourth-order valence-electron chi connectivity index (χ4n) is 2.39. The molecule has 0 bridgehead atoms. The highest BCUT2D eigenvalue weighted by molar-refractivity contribution is 7.09. The lowest BCUT2D eigenvalue weighted by Gasteiger charge is -2.16. The van der Waals surface area contributed by atoms with Gasteiger partial charge >= 0.3 is 0 Å². The molecule has 0 saturated carbocycles. The van der Waals surface area contributed by atoms with Crippen LogP contribution in [0, 0.1) is 6.92 Å². The van der Waals surface area contributed by atoms with E-state index in [1.54, 1.807) is 11.3 Å². The van der Waals surface area contributed by atoms with Gasteiger partial charge in [-0.05, 0) is 23.6 Å². The monoisotopic (exact) mass is 275 g/mol. The number of ether oxygens (including phenoxy) is 1. The maximum atomic E-state index is 5.70. The van der Waals surface area contributed by atoms with E-state index >= 15 is 0 Å². The Balaban J connectivity index is 1.82. The summed E-state index contributed by atoms with van der Waals surface area (Å²) >= 11 is 1.67. The first-order chi connectivity index (χ1) is 9.26. The number of nitrogens with two attached hydrogens (primary N) is 1. The molecule has 5 heteroatoms. The maximum Gasteiger partial charge on any atom is 0.0897 e. The van der Waals surface area contributed by atoms with Crippen LogP contribution >= 0.6 is 11.3 Å². The average molecular weight is 275 g/mol. The van der Waals surface area contributed by atoms with Crippen molar-refractivity contribution in [1.29, 1.82) is 0 Å². The summed E-state index contributed by atoms with van der Waals surface area (Å²) < 4.78 is 5.44. The average Bonchev–Trinajstić information content (AvgIpc) is 3.03. The zero-order chi connectivity index (χ0) is 13.2. The lowest BCUT2D eigenvalue weighted by molar-refractivity contribution is 0.134. The molecular weight excluding hydrogens is 258 g/mol. The van der Waals surface area contributed by atoms with Crippen LogP contribution in [0.2, 0.25) is 0 Å². The number of hydrazine groups is 1. The fraction of sp³-hybridized carbons (Fsp3) is 0.357. The lowest BCUT2D eigenvalue weighted by Crippen LogP contribution is -2.29. The van der Waals surface area contributed by atoms with Gasteiger partial charge in [-0.1, -0.05) is 18.2 Å². The molecule has 2 heterocycles. The molecule has 0 fully saturated rings. The molecule has 3 rings (SSSR count). The Morgan fingerprint density at radius 1 is 1.42 bits per heavy atom. The molecule has 0 spiro atoms. The van der Waals surface area contributed by atoms with Crippen molar-refractivity contribution in [1.82, 2.24) is 10.4 Å². The Morgan fingerprint density at radius 2 is 2.26 bits per heavy atom. The third kappa shape index (κ3) is 2.69. The van der Waals surface area contributed by atoms with E-state index in [1.807, 2.05) is 6.92 Å². The fourth-order valence-corrected chi connectivity index (χ4v) is 3.02. The van der Waals surface area contributed by atoms with Crippen molar-refractivity contribution in [3.05, 3.63) is 51.0 Å². The van der Waals surface area contributed by atoms with E-state index in [0.29, 0.717) is 6.61 Å². The second-order valence-corrected chi connectivity index (χ2v) is 5.86. The number of aryl methyl sites for hydroxylation is 1. The van der Waals surface area contributed by atoms with Crippen LogP contribution in [-0.4, -0.2) is 4.98 Å². The molecule has 4 nitrogen and oxygen atoms in total. The van der Waals surface area contributed by atoms with Gasteiger partial charge in [-0.2, -0.15) is 0 Å². The third-order valence-electron chi connectivity index (χ3n) is 3.43. The molecule has 2 aromatic rings. The number of nitrogens with zero attached hydrogens (tertiary/aromatic N) is 1. The molecule has 1 aromatic heterocycles. The first-order valence-electron chi connectivity index (χ1n) is 6.33. The van der Waals surface area contributed by atoms with Gasteiger partial charge in [-0.3, -0.25) is 11.3 Å². The Bertz CT molecular complexity index is 582. The highest BCUT2D eigenvalue weighted by atomic mass is 32.1. The van der Waals surface area contributed by atoms with Crippen molar-refractivity contribution < 1.29 is 4.74 Å². The summed E-state index contributed by atoms with van der Waals surface area (Å²) in [7, 11) is 0. The smallest absolute Gasteiger partial charge is 0.0897 e. The van der Waals surface area contributed by atoms with E-state index in [-0.39, 0.29) is 6.04 Å². The SMILES string of the molecule is Cc1nc(CC(NN)c2ccc3c(c2)COC3)cs1. The topological polar surface area (TPSA) is 60.2 Å². The number of rotatable bonds is 4. The molecule has 3 N–H and O–H groups in total. The summed E-state index contributed by atoms with van der Waals surface area (Å²) in [5, 5.41) is 3.18. The predicted molar refractivity (Wildman–Crippen MR) is 75.6 cm³/mol. The third-order valence-corrected chi connectivity index (χ3v) is 4.25. The van der Waals surface area contributed by atoms with Gasteiger partial charge in [0.2, 0.25) is 0 Å². The minimum absolute atomic E-state index is 0.0902. The second-order valence-electron chi connectivity index (χ2n) is 4.80. The largest absolute Gasteiger partial charge is 0.372 e. The Labute approximate surface area is 116 Å². The molecule has 0 radical (unpaired) electrons. The first-order valence-corrected chi connectivity index (χ1v) is 7.21. The van der Waals surface area contributed by atoms with Crippen molar-refractivity contribution in [2.45, 2.75) is 32.6 Å². The minimum atomic E-state index is 0.0902. The number of benzene rings is 1. The molecule has 1 atom stereocenters. The molecule has 100 valence electrons. The summed E-state index contributed by atoms with van der Waals surface area (Å²) in [5.41, 5.74) is 7.72.